The van der Waals surface area contributed by atoms with Crippen molar-refractivity contribution in [2.75, 3.05) is 26.2 Å². The number of benzene rings is 1. The Morgan fingerprint density at radius 2 is 1.96 bits per heavy atom. The maximum absolute atomic E-state index is 12.3. The molecule has 2 saturated heterocycles. The van der Waals surface area contributed by atoms with Crippen molar-refractivity contribution in [2.45, 2.75) is 19.4 Å². The Bertz CT molecular complexity index is 569. The standard InChI is InChI=1S/C17H22N2O4/c20-15(21)14-10-19(12-17(14)6-8-18-9-7-17)16(22)23-11-13-4-2-1-3-5-13/h1-5,14,18H,6-12H2,(H,20,21). The maximum atomic E-state index is 12.3. The molecule has 3 rings (SSSR count). The van der Waals surface area contributed by atoms with Gasteiger partial charge in [-0.2, -0.15) is 0 Å². The molecule has 2 heterocycles. The summed E-state index contributed by atoms with van der Waals surface area (Å²) in [5.41, 5.74) is 0.606. The first-order chi connectivity index (χ1) is 11.1. The molecule has 1 spiro atoms. The minimum Gasteiger partial charge on any atom is -0.481 e. The van der Waals surface area contributed by atoms with E-state index in [2.05, 4.69) is 5.32 Å². The van der Waals surface area contributed by atoms with Crippen molar-refractivity contribution in [3.8, 4) is 0 Å². The lowest BCUT2D eigenvalue weighted by molar-refractivity contribution is -0.145. The van der Waals surface area contributed by atoms with Gasteiger partial charge in [0.2, 0.25) is 0 Å². The van der Waals surface area contributed by atoms with E-state index in [0.29, 0.717) is 6.54 Å². The Labute approximate surface area is 135 Å². The van der Waals surface area contributed by atoms with E-state index in [4.69, 9.17) is 4.74 Å². The first-order valence-electron chi connectivity index (χ1n) is 8.00. The summed E-state index contributed by atoms with van der Waals surface area (Å²) in [4.78, 5) is 25.5. The average Bonchev–Trinajstić information content (AvgIpc) is 2.93. The minimum atomic E-state index is -0.815. The molecule has 0 saturated carbocycles. The number of carbonyl (C=O) groups is 2. The molecule has 1 amide bonds. The number of rotatable bonds is 3. The lowest BCUT2D eigenvalue weighted by Gasteiger charge is -2.36. The van der Waals surface area contributed by atoms with Crippen molar-refractivity contribution in [3.05, 3.63) is 35.9 Å². The summed E-state index contributed by atoms with van der Waals surface area (Å²) in [5.74, 6) is -1.32. The van der Waals surface area contributed by atoms with Crippen molar-refractivity contribution >= 4 is 12.1 Å². The summed E-state index contributed by atoms with van der Waals surface area (Å²) >= 11 is 0. The number of hydrogen-bond acceptors (Lipinski definition) is 4. The van der Waals surface area contributed by atoms with E-state index < -0.39 is 18.0 Å². The normalized spacial score (nSPS) is 23.0. The largest absolute Gasteiger partial charge is 0.481 e. The molecular formula is C17H22N2O4. The van der Waals surface area contributed by atoms with Crippen LogP contribution in [0.2, 0.25) is 0 Å². The second-order valence-corrected chi connectivity index (χ2v) is 6.42. The number of nitrogens with one attached hydrogen (secondary N) is 1. The number of amides is 1. The summed E-state index contributed by atoms with van der Waals surface area (Å²) in [7, 11) is 0. The number of nitrogens with zero attached hydrogens (tertiary/aromatic N) is 1. The monoisotopic (exact) mass is 318 g/mol. The average molecular weight is 318 g/mol. The fourth-order valence-corrected chi connectivity index (χ4v) is 3.69. The Balaban J connectivity index is 1.64. The van der Waals surface area contributed by atoms with Crippen LogP contribution in [-0.2, 0) is 16.1 Å². The highest BCUT2D eigenvalue weighted by atomic mass is 16.6. The van der Waals surface area contributed by atoms with Crippen molar-refractivity contribution in [2.24, 2.45) is 11.3 Å². The van der Waals surface area contributed by atoms with E-state index >= 15 is 0 Å². The maximum Gasteiger partial charge on any atom is 0.410 e. The lowest BCUT2D eigenvalue weighted by Crippen LogP contribution is -2.44. The zero-order chi connectivity index (χ0) is 16.3. The number of carboxylic acid groups (broad SMARTS) is 1. The van der Waals surface area contributed by atoms with Gasteiger partial charge in [0.05, 0.1) is 5.92 Å². The van der Waals surface area contributed by atoms with Crippen LogP contribution in [0.25, 0.3) is 0 Å². The number of aliphatic carboxylic acids is 1. The summed E-state index contributed by atoms with van der Waals surface area (Å²) in [6.45, 7) is 2.53. The second-order valence-electron chi connectivity index (χ2n) is 6.42. The van der Waals surface area contributed by atoms with Crippen LogP contribution in [0.4, 0.5) is 4.79 Å². The molecule has 23 heavy (non-hydrogen) atoms. The zero-order valence-corrected chi connectivity index (χ0v) is 13.0. The number of likely N-dealkylation sites (tertiary alicyclic amines) is 1. The fraction of sp³-hybridized carbons (Fsp3) is 0.529. The van der Waals surface area contributed by atoms with Gasteiger partial charge in [0.15, 0.2) is 0 Å². The van der Waals surface area contributed by atoms with Gasteiger partial charge < -0.3 is 20.1 Å². The fourth-order valence-electron chi connectivity index (χ4n) is 3.69. The number of hydrogen-bond donors (Lipinski definition) is 2. The Kier molecular flexibility index (Phi) is 4.52. The van der Waals surface area contributed by atoms with Crippen molar-refractivity contribution in [1.82, 2.24) is 10.2 Å². The van der Waals surface area contributed by atoms with Gasteiger partial charge in [-0.05, 0) is 31.5 Å². The molecule has 1 unspecified atom stereocenters. The number of carboxylic acids is 1. The summed E-state index contributed by atoms with van der Waals surface area (Å²) < 4.78 is 5.35. The van der Waals surface area contributed by atoms with Gasteiger partial charge in [0, 0.05) is 18.5 Å². The van der Waals surface area contributed by atoms with Crippen LogP contribution >= 0.6 is 0 Å². The Morgan fingerprint density at radius 3 is 2.61 bits per heavy atom. The molecule has 0 aliphatic carbocycles. The molecule has 0 radical (unpaired) electrons. The molecule has 6 heteroatoms. The van der Waals surface area contributed by atoms with Crippen LogP contribution < -0.4 is 5.32 Å². The molecule has 0 aromatic heterocycles. The van der Waals surface area contributed by atoms with Crippen LogP contribution in [0.1, 0.15) is 18.4 Å². The SMILES string of the molecule is O=C(O)C1CN(C(=O)OCc2ccccc2)CC12CCNCC2. The summed E-state index contributed by atoms with van der Waals surface area (Å²) in [5, 5.41) is 12.8. The first-order valence-corrected chi connectivity index (χ1v) is 8.00. The summed E-state index contributed by atoms with van der Waals surface area (Å²) in [6.07, 6.45) is 1.15. The molecule has 2 aliphatic rings. The molecule has 124 valence electrons. The van der Waals surface area contributed by atoms with Gasteiger partial charge in [0.1, 0.15) is 6.61 Å². The van der Waals surface area contributed by atoms with Gasteiger partial charge >= 0.3 is 12.1 Å². The third-order valence-corrected chi connectivity index (χ3v) is 5.01. The third-order valence-electron chi connectivity index (χ3n) is 5.01. The molecule has 2 N–H and O–H groups in total. The smallest absolute Gasteiger partial charge is 0.410 e. The van der Waals surface area contributed by atoms with Crippen molar-refractivity contribution in [3.63, 3.8) is 0 Å². The number of piperidine rings is 1. The first kappa shape index (κ1) is 15.8. The molecule has 0 bridgehead atoms. The van der Waals surface area contributed by atoms with E-state index in [1.165, 1.54) is 0 Å². The predicted octanol–water partition coefficient (Wildman–Crippen LogP) is 1.71. The number of carbonyl (C=O) groups excluding carboxylic acids is 1. The van der Waals surface area contributed by atoms with Gasteiger partial charge in [0.25, 0.3) is 0 Å². The molecule has 2 aliphatic heterocycles. The van der Waals surface area contributed by atoms with E-state index in [-0.39, 0.29) is 18.6 Å². The highest BCUT2D eigenvalue weighted by Crippen LogP contribution is 2.43. The van der Waals surface area contributed by atoms with Crippen molar-refractivity contribution < 1.29 is 19.4 Å². The van der Waals surface area contributed by atoms with Gasteiger partial charge in [-0.1, -0.05) is 30.3 Å². The lowest BCUT2D eigenvalue weighted by atomic mass is 9.71. The molecular weight excluding hydrogens is 296 g/mol. The highest BCUT2D eigenvalue weighted by Gasteiger charge is 2.52. The molecule has 1 aromatic rings. The van der Waals surface area contributed by atoms with Crippen LogP contribution in [0, 0.1) is 11.3 Å². The van der Waals surface area contributed by atoms with Crippen LogP contribution in [0.3, 0.4) is 0 Å². The van der Waals surface area contributed by atoms with Gasteiger partial charge in [-0.15, -0.1) is 0 Å². The minimum absolute atomic E-state index is 0.211. The van der Waals surface area contributed by atoms with E-state index in [1.807, 2.05) is 30.3 Å². The van der Waals surface area contributed by atoms with Crippen LogP contribution in [0.5, 0.6) is 0 Å². The van der Waals surface area contributed by atoms with E-state index in [9.17, 15) is 14.7 Å². The topological polar surface area (TPSA) is 78.9 Å². The van der Waals surface area contributed by atoms with Gasteiger partial charge in [-0.3, -0.25) is 4.79 Å². The quantitative estimate of drug-likeness (QED) is 0.887. The van der Waals surface area contributed by atoms with E-state index in [0.717, 1.165) is 31.5 Å². The summed E-state index contributed by atoms with van der Waals surface area (Å²) in [6, 6.07) is 9.48. The number of ether oxygens (including phenoxy) is 1. The van der Waals surface area contributed by atoms with Gasteiger partial charge in [-0.25, -0.2) is 4.79 Å². The van der Waals surface area contributed by atoms with Crippen molar-refractivity contribution in [1.29, 1.82) is 0 Å². The van der Waals surface area contributed by atoms with Crippen LogP contribution in [0.15, 0.2) is 30.3 Å². The van der Waals surface area contributed by atoms with E-state index in [1.54, 1.807) is 4.90 Å². The predicted molar refractivity (Wildman–Crippen MR) is 83.9 cm³/mol. The molecule has 1 aromatic carbocycles. The zero-order valence-electron chi connectivity index (χ0n) is 13.0. The molecule has 6 nitrogen and oxygen atoms in total. The van der Waals surface area contributed by atoms with Crippen LogP contribution in [-0.4, -0.2) is 48.2 Å². The highest BCUT2D eigenvalue weighted by molar-refractivity contribution is 5.75. The Morgan fingerprint density at radius 1 is 1.26 bits per heavy atom. The second kappa shape index (κ2) is 6.58. The molecule has 2 fully saturated rings. The Hall–Kier alpha value is -2.08. The molecule has 1 atom stereocenters. The third kappa shape index (κ3) is 3.32.